The maximum Gasteiger partial charge on any atom is 0.213 e. The van der Waals surface area contributed by atoms with Crippen molar-refractivity contribution in [2.24, 2.45) is 0 Å². The molecule has 3 heteroatoms. The van der Waals surface area contributed by atoms with Gasteiger partial charge in [0.15, 0.2) is 0 Å². The Hall–Kier alpha value is -1.64. The largest absolute Gasteiger partial charge is 0.481 e. The summed E-state index contributed by atoms with van der Waals surface area (Å²) in [7, 11) is 1.61. The predicted octanol–water partition coefficient (Wildman–Crippen LogP) is 1.95. The average molecular weight is 174 g/mol. The van der Waals surface area contributed by atoms with Crippen molar-refractivity contribution in [3.05, 3.63) is 30.0 Å². The first-order valence-corrected chi connectivity index (χ1v) is 4.08. The van der Waals surface area contributed by atoms with Gasteiger partial charge >= 0.3 is 0 Å². The van der Waals surface area contributed by atoms with Gasteiger partial charge in [-0.1, -0.05) is 0 Å². The van der Waals surface area contributed by atoms with E-state index < -0.39 is 0 Å². The van der Waals surface area contributed by atoms with Crippen LogP contribution in [0.15, 0.2) is 24.3 Å². The number of ether oxygens (including phenoxy) is 1. The molecule has 0 unspecified atom stereocenters. The SMILES string of the molecule is COc1ccc2nc(C)ccc2n1. The molecule has 0 aliphatic carbocycles. The molecule has 0 spiro atoms. The summed E-state index contributed by atoms with van der Waals surface area (Å²) in [5.41, 5.74) is 2.77. The van der Waals surface area contributed by atoms with E-state index in [9.17, 15) is 0 Å². The lowest BCUT2D eigenvalue weighted by molar-refractivity contribution is 0.399. The van der Waals surface area contributed by atoms with Crippen molar-refractivity contribution in [2.45, 2.75) is 6.92 Å². The lowest BCUT2D eigenvalue weighted by atomic mass is 10.3. The van der Waals surface area contributed by atoms with Crippen molar-refractivity contribution in [1.29, 1.82) is 0 Å². The van der Waals surface area contributed by atoms with E-state index in [-0.39, 0.29) is 0 Å². The van der Waals surface area contributed by atoms with Crippen LogP contribution in [-0.4, -0.2) is 17.1 Å². The Bertz CT molecular complexity index is 440. The molecule has 0 aliphatic rings. The zero-order valence-corrected chi connectivity index (χ0v) is 7.61. The third kappa shape index (κ3) is 1.45. The minimum Gasteiger partial charge on any atom is -0.481 e. The van der Waals surface area contributed by atoms with Crippen LogP contribution < -0.4 is 4.74 Å². The maximum absolute atomic E-state index is 5.01. The van der Waals surface area contributed by atoms with Gasteiger partial charge in [-0.3, -0.25) is 4.98 Å². The third-order valence-electron chi connectivity index (χ3n) is 1.87. The Balaban J connectivity index is 2.66. The average Bonchev–Trinajstić information content (AvgIpc) is 2.17. The van der Waals surface area contributed by atoms with Gasteiger partial charge in [-0.15, -0.1) is 0 Å². The van der Waals surface area contributed by atoms with E-state index in [0.717, 1.165) is 16.7 Å². The van der Waals surface area contributed by atoms with E-state index in [4.69, 9.17) is 4.74 Å². The van der Waals surface area contributed by atoms with Crippen molar-refractivity contribution in [2.75, 3.05) is 7.11 Å². The van der Waals surface area contributed by atoms with Crippen LogP contribution in [0.5, 0.6) is 5.88 Å². The summed E-state index contributed by atoms with van der Waals surface area (Å²) >= 11 is 0. The molecular formula is C10H10N2O. The lowest BCUT2D eigenvalue weighted by Crippen LogP contribution is -1.89. The highest BCUT2D eigenvalue weighted by Crippen LogP contribution is 2.14. The van der Waals surface area contributed by atoms with E-state index in [2.05, 4.69) is 9.97 Å². The quantitative estimate of drug-likeness (QED) is 0.662. The van der Waals surface area contributed by atoms with Gasteiger partial charge in [-0.25, -0.2) is 4.98 Å². The molecule has 0 bridgehead atoms. The van der Waals surface area contributed by atoms with Gasteiger partial charge in [0.1, 0.15) is 0 Å². The van der Waals surface area contributed by atoms with E-state index in [1.807, 2.05) is 31.2 Å². The normalized spacial score (nSPS) is 10.3. The van der Waals surface area contributed by atoms with Crippen LogP contribution in [0, 0.1) is 6.92 Å². The number of hydrogen-bond donors (Lipinski definition) is 0. The Labute approximate surface area is 76.4 Å². The zero-order valence-electron chi connectivity index (χ0n) is 7.61. The van der Waals surface area contributed by atoms with E-state index in [1.165, 1.54) is 0 Å². The summed E-state index contributed by atoms with van der Waals surface area (Å²) in [5.74, 6) is 0.623. The van der Waals surface area contributed by atoms with Gasteiger partial charge in [-0.05, 0) is 25.1 Å². The van der Waals surface area contributed by atoms with E-state index in [0.29, 0.717) is 5.88 Å². The molecule has 0 saturated carbocycles. The molecular weight excluding hydrogens is 164 g/mol. The van der Waals surface area contributed by atoms with Crippen LogP contribution >= 0.6 is 0 Å². The van der Waals surface area contributed by atoms with Crippen LogP contribution in [0.3, 0.4) is 0 Å². The molecule has 2 aromatic rings. The number of aryl methyl sites for hydroxylation is 1. The number of nitrogens with zero attached hydrogens (tertiary/aromatic N) is 2. The molecule has 0 fully saturated rings. The van der Waals surface area contributed by atoms with Crippen LogP contribution in [-0.2, 0) is 0 Å². The van der Waals surface area contributed by atoms with Gasteiger partial charge in [0.05, 0.1) is 18.1 Å². The standard InChI is InChI=1S/C10H10N2O/c1-7-3-4-9-8(11-7)5-6-10(12-9)13-2/h3-6H,1-2H3. The molecule has 0 aromatic carbocycles. The van der Waals surface area contributed by atoms with Gasteiger partial charge in [-0.2, -0.15) is 0 Å². The van der Waals surface area contributed by atoms with Crippen molar-refractivity contribution < 1.29 is 4.74 Å². The minimum absolute atomic E-state index is 0.623. The second kappa shape index (κ2) is 3.01. The van der Waals surface area contributed by atoms with Gasteiger partial charge in [0, 0.05) is 11.8 Å². The first kappa shape index (κ1) is 7.98. The summed E-state index contributed by atoms with van der Waals surface area (Å²) in [6, 6.07) is 7.61. The van der Waals surface area contributed by atoms with Gasteiger partial charge in [0.2, 0.25) is 5.88 Å². The van der Waals surface area contributed by atoms with E-state index >= 15 is 0 Å². The molecule has 2 heterocycles. The predicted molar refractivity (Wildman–Crippen MR) is 50.8 cm³/mol. The Morgan fingerprint density at radius 3 is 2.46 bits per heavy atom. The number of hydrogen-bond acceptors (Lipinski definition) is 3. The van der Waals surface area contributed by atoms with Gasteiger partial charge < -0.3 is 4.74 Å². The summed E-state index contributed by atoms with van der Waals surface area (Å²) in [6.07, 6.45) is 0. The summed E-state index contributed by atoms with van der Waals surface area (Å²) in [4.78, 5) is 8.58. The third-order valence-corrected chi connectivity index (χ3v) is 1.87. The summed E-state index contributed by atoms with van der Waals surface area (Å²) in [5, 5.41) is 0. The smallest absolute Gasteiger partial charge is 0.213 e. The molecule has 2 rings (SSSR count). The Morgan fingerprint density at radius 2 is 1.69 bits per heavy atom. The zero-order chi connectivity index (χ0) is 9.26. The fourth-order valence-electron chi connectivity index (χ4n) is 1.21. The minimum atomic E-state index is 0.623. The number of fused-ring (bicyclic) bond motifs is 1. The fraction of sp³-hybridized carbons (Fsp3) is 0.200. The Morgan fingerprint density at radius 1 is 1.00 bits per heavy atom. The molecule has 66 valence electrons. The highest BCUT2D eigenvalue weighted by molar-refractivity contribution is 5.74. The molecule has 3 nitrogen and oxygen atoms in total. The van der Waals surface area contributed by atoms with Crippen molar-refractivity contribution in [1.82, 2.24) is 9.97 Å². The molecule has 0 amide bonds. The molecule has 13 heavy (non-hydrogen) atoms. The molecule has 0 aliphatic heterocycles. The molecule has 0 saturated heterocycles. The van der Waals surface area contributed by atoms with E-state index in [1.54, 1.807) is 7.11 Å². The van der Waals surface area contributed by atoms with Crippen LogP contribution in [0.25, 0.3) is 11.0 Å². The van der Waals surface area contributed by atoms with Crippen LogP contribution in [0.1, 0.15) is 5.69 Å². The summed E-state index contributed by atoms with van der Waals surface area (Å²) < 4.78 is 5.01. The lowest BCUT2D eigenvalue weighted by Gasteiger charge is -2.00. The molecule has 0 atom stereocenters. The highest BCUT2D eigenvalue weighted by atomic mass is 16.5. The van der Waals surface area contributed by atoms with Crippen LogP contribution in [0.4, 0.5) is 0 Å². The van der Waals surface area contributed by atoms with Crippen LogP contribution in [0.2, 0.25) is 0 Å². The monoisotopic (exact) mass is 174 g/mol. The number of aromatic nitrogens is 2. The summed E-state index contributed by atoms with van der Waals surface area (Å²) in [6.45, 7) is 1.96. The second-order valence-electron chi connectivity index (χ2n) is 2.84. The van der Waals surface area contributed by atoms with Crippen molar-refractivity contribution >= 4 is 11.0 Å². The molecule has 0 radical (unpaired) electrons. The molecule has 2 aromatic heterocycles. The topological polar surface area (TPSA) is 35.0 Å². The van der Waals surface area contributed by atoms with Gasteiger partial charge in [0.25, 0.3) is 0 Å². The highest BCUT2D eigenvalue weighted by Gasteiger charge is 1.98. The maximum atomic E-state index is 5.01. The Kier molecular flexibility index (Phi) is 1.85. The number of pyridine rings is 2. The first-order chi connectivity index (χ1) is 6.29. The number of rotatable bonds is 1. The molecule has 0 N–H and O–H groups in total. The van der Waals surface area contributed by atoms with Crippen molar-refractivity contribution in [3.63, 3.8) is 0 Å². The van der Waals surface area contributed by atoms with Crippen molar-refractivity contribution in [3.8, 4) is 5.88 Å². The first-order valence-electron chi connectivity index (χ1n) is 4.08. The number of methoxy groups -OCH3 is 1. The fourth-order valence-corrected chi connectivity index (χ4v) is 1.21. The second-order valence-corrected chi connectivity index (χ2v) is 2.84.